The zero-order valence-corrected chi connectivity index (χ0v) is 10.1. The van der Waals surface area contributed by atoms with Crippen LogP contribution >= 0.6 is 0 Å². The average Bonchev–Trinajstić information content (AvgIpc) is 3.04. The van der Waals surface area contributed by atoms with Crippen LogP contribution in [0.1, 0.15) is 23.8 Å². The van der Waals surface area contributed by atoms with Crippen molar-refractivity contribution in [2.45, 2.75) is 13.3 Å². The molecule has 0 radical (unpaired) electrons. The Morgan fingerprint density at radius 3 is 2.76 bits per heavy atom. The molecular weight excluding hydrogens is 218 g/mol. The van der Waals surface area contributed by atoms with Gasteiger partial charge in [-0.1, -0.05) is 6.92 Å². The van der Waals surface area contributed by atoms with E-state index in [1.807, 2.05) is 0 Å². The SMILES string of the molecule is CC1CC1CN(C)C(=O)c1ccc(NN)nn1. The molecule has 1 amide bonds. The minimum absolute atomic E-state index is 0.0971. The van der Waals surface area contributed by atoms with Gasteiger partial charge in [-0.25, -0.2) is 5.84 Å². The zero-order chi connectivity index (χ0) is 12.4. The molecule has 1 fully saturated rings. The molecule has 92 valence electrons. The first-order chi connectivity index (χ1) is 8.11. The standard InChI is InChI=1S/C11H17N5O/c1-7-5-8(7)6-16(2)11(17)9-3-4-10(13-12)15-14-9/h3-4,7-8H,5-6,12H2,1-2H3,(H,13,15). The number of hydrogen-bond donors (Lipinski definition) is 2. The molecule has 1 saturated carbocycles. The van der Waals surface area contributed by atoms with Gasteiger partial charge in [-0.15, -0.1) is 10.2 Å². The fourth-order valence-electron chi connectivity index (χ4n) is 1.81. The first-order valence-electron chi connectivity index (χ1n) is 5.67. The Hall–Kier alpha value is -1.69. The van der Waals surface area contributed by atoms with Crippen molar-refractivity contribution in [1.82, 2.24) is 15.1 Å². The van der Waals surface area contributed by atoms with Crippen molar-refractivity contribution in [2.75, 3.05) is 19.0 Å². The molecule has 1 aromatic heterocycles. The number of amides is 1. The molecule has 1 aromatic rings. The smallest absolute Gasteiger partial charge is 0.274 e. The van der Waals surface area contributed by atoms with Gasteiger partial charge in [0.05, 0.1) is 0 Å². The Kier molecular flexibility index (Phi) is 3.23. The highest BCUT2D eigenvalue weighted by atomic mass is 16.2. The molecule has 1 heterocycles. The number of nitrogens with two attached hydrogens (primary N) is 1. The third-order valence-corrected chi connectivity index (χ3v) is 3.16. The second kappa shape index (κ2) is 4.67. The van der Waals surface area contributed by atoms with Crippen LogP contribution in [0.2, 0.25) is 0 Å². The van der Waals surface area contributed by atoms with E-state index in [1.54, 1.807) is 24.1 Å². The van der Waals surface area contributed by atoms with Crippen molar-refractivity contribution < 1.29 is 4.79 Å². The van der Waals surface area contributed by atoms with Gasteiger partial charge in [-0.3, -0.25) is 4.79 Å². The maximum Gasteiger partial charge on any atom is 0.274 e. The number of nitrogens with zero attached hydrogens (tertiary/aromatic N) is 3. The number of hydrogen-bond acceptors (Lipinski definition) is 5. The van der Waals surface area contributed by atoms with Gasteiger partial charge < -0.3 is 10.3 Å². The van der Waals surface area contributed by atoms with Crippen molar-refractivity contribution in [3.05, 3.63) is 17.8 Å². The van der Waals surface area contributed by atoms with Crippen LogP contribution in [0.15, 0.2) is 12.1 Å². The Balaban J connectivity index is 1.97. The lowest BCUT2D eigenvalue weighted by molar-refractivity contribution is 0.0780. The highest BCUT2D eigenvalue weighted by Crippen LogP contribution is 2.38. The van der Waals surface area contributed by atoms with Crippen LogP contribution in [-0.2, 0) is 0 Å². The van der Waals surface area contributed by atoms with Gasteiger partial charge in [0.2, 0.25) is 0 Å². The molecule has 0 bridgehead atoms. The van der Waals surface area contributed by atoms with Gasteiger partial charge in [-0.05, 0) is 30.4 Å². The molecule has 2 atom stereocenters. The van der Waals surface area contributed by atoms with E-state index >= 15 is 0 Å². The topological polar surface area (TPSA) is 84.1 Å². The molecule has 17 heavy (non-hydrogen) atoms. The van der Waals surface area contributed by atoms with Crippen LogP contribution in [0, 0.1) is 11.8 Å². The van der Waals surface area contributed by atoms with Crippen LogP contribution in [0.3, 0.4) is 0 Å². The van der Waals surface area contributed by atoms with E-state index in [-0.39, 0.29) is 5.91 Å². The summed E-state index contributed by atoms with van der Waals surface area (Å²) in [7, 11) is 1.80. The molecule has 6 heteroatoms. The van der Waals surface area contributed by atoms with E-state index in [0.29, 0.717) is 17.4 Å². The summed E-state index contributed by atoms with van der Waals surface area (Å²) in [6.07, 6.45) is 1.21. The Labute approximate surface area is 100 Å². The molecule has 3 N–H and O–H groups in total. The number of hydrazine groups is 1. The lowest BCUT2D eigenvalue weighted by Crippen LogP contribution is -2.30. The number of anilines is 1. The zero-order valence-electron chi connectivity index (χ0n) is 10.1. The lowest BCUT2D eigenvalue weighted by atomic mass is 10.3. The Morgan fingerprint density at radius 2 is 2.29 bits per heavy atom. The van der Waals surface area contributed by atoms with E-state index < -0.39 is 0 Å². The second-order valence-corrected chi connectivity index (χ2v) is 4.61. The van der Waals surface area contributed by atoms with Crippen molar-refractivity contribution in [2.24, 2.45) is 17.7 Å². The predicted octanol–water partition coefficient (Wildman–Crippen LogP) is 0.490. The summed E-state index contributed by atoms with van der Waals surface area (Å²) in [5, 5.41) is 7.61. The monoisotopic (exact) mass is 235 g/mol. The van der Waals surface area contributed by atoms with Gasteiger partial charge in [0.15, 0.2) is 11.5 Å². The normalized spacial score (nSPS) is 22.1. The van der Waals surface area contributed by atoms with Crippen LogP contribution < -0.4 is 11.3 Å². The van der Waals surface area contributed by atoms with Gasteiger partial charge in [0, 0.05) is 13.6 Å². The lowest BCUT2D eigenvalue weighted by Gasteiger charge is -2.16. The summed E-state index contributed by atoms with van der Waals surface area (Å²) in [6, 6.07) is 3.26. The third kappa shape index (κ3) is 2.71. The number of nitrogen functional groups attached to an aromatic ring is 1. The van der Waals surface area contributed by atoms with Crippen LogP contribution in [0.5, 0.6) is 0 Å². The number of carbonyl (C=O) groups excluding carboxylic acids is 1. The first kappa shape index (κ1) is 11.8. The molecule has 0 aromatic carbocycles. The summed E-state index contributed by atoms with van der Waals surface area (Å²) in [4.78, 5) is 13.7. The van der Waals surface area contributed by atoms with Crippen molar-refractivity contribution in [3.63, 3.8) is 0 Å². The summed E-state index contributed by atoms with van der Waals surface area (Å²) >= 11 is 0. The molecule has 1 aliphatic rings. The maximum absolute atomic E-state index is 12.0. The summed E-state index contributed by atoms with van der Waals surface area (Å²) in [5.74, 6) is 6.90. The van der Waals surface area contributed by atoms with Crippen molar-refractivity contribution in [1.29, 1.82) is 0 Å². The minimum Gasteiger partial charge on any atom is -0.340 e. The number of nitrogens with one attached hydrogen (secondary N) is 1. The largest absolute Gasteiger partial charge is 0.340 e. The predicted molar refractivity (Wildman–Crippen MR) is 64.1 cm³/mol. The number of rotatable bonds is 4. The van der Waals surface area contributed by atoms with E-state index in [1.165, 1.54) is 6.42 Å². The van der Waals surface area contributed by atoms with Crippen LogP contribution in [0.4, 0.5) is 5.82 Å². The Bertz CT molecular complexity index is 405. The summed E-state index contributed by atoms with van der Waals surface area (Å²) in [5.41, 5.74) is 2.72. The van der Waals surface area contributed by atoms with Crippen molar-refractivity contribution >= 4 is 11.7 Å². The molecule has 2 rings (SSSR count). The first-order valence-corrected chi connectivity index (χ1v) is 5.67. The van der Waals surface area contributed by atoms with Crippen molar-refractivity contribution in [3.8, 4) is 0 Å². The number of aromatic nitrogens is 2. The summed E-state index contributed by atoms with van der Waals surface area (Å²) < 4.78 is 0. The van der Waals surface area contributed by atoms with E-state index in [0.717, 1.165) is 12.5 Å². The average molecular weight is 235 g/mol. The fourth-order valence-corrected chi connectivity index (χ4v) is 1.81. The molecule has 6 nitrogen and oxygen atoms in total. The Morgan fingerprint density at radius 1 is 1.59 bits per heavy atom. The van der Waals surface area contributed by atoms with E-state index in [2.05, 4.69) is 22.5 Å². The highest BCUT2D eigenvalue weighted by Gasteiger charge is 2.34. The fraction of sp³-hybridized carbons (Fsp3) is 0.545. The third-order valence-electron chi connectivity index (χ3n) is 3.16. The van der Waals surface area contributed by atoms with E-state index in [9.17, 15) is 4.79 Å². The second-order valence-electron chi connectivity index (χ2n) is 4.61. The number of carbonyl (C=O) groups is 1. The van der Waals surface area contributed by atoms with Gasteiger partial charge in [0.25, 0.3) is 5.91 Å². The molecule has 0 saturated heterocycles. The van der Waals surface area contributed by atoms with Gasteiger partial charge in [-0.2, -0.15) is 0 Å². The van der Waals surface area contributed by atoms with Crippen LogP contribution in [0.25, 0.3) is 0 Å². The molecule has 1 aliphatic carbocycles. The molecule has 2 unspecified atom stereocenters. The highest BCUT2D eigenvalue weighted by molar-refractivity contribution is 5.92. The summed E-state index contributed by atoms with van der Waals surface area (Å²) in [6.45, 7) is 2.99. The molecule has 0 spiro atoms. The maximum atomic E-state index is 12.0. The molecule has 0 aliphatic heterocycles. The van der Waals surface area contributed by atoms with Crippen LogP contribution in [-0.4, -0.2) is 34.6 Å². The van der Waals surface area contributed by atoms with E-state index in [4.69, 9.17) is 5.84 Å². The van der Waals surface area contributed by atoms with Gasteiger partial charge in [0.1, 0.15) is 0 Å². The minimum atomic E-state index is -0.0971. The molecular formula is C11H17N5O. The quantitative estimate of drug-likeness (QED) is 0.586. The van der Waals surface area contributed by atoms with Gasteiger partial charge >= 0.3 is 0 Å².